The van der Waals surface area contributed by atoms with Crippen LogP contribution in [0.4, 0.5) is 8.78 Å². The van der Waals surface area contributed by atoms with Gasteiger partial charge in [-0.05, 0) is 55.7 Å². The van der Waals surface area contributed by atoms with Crippen LogP contribution in [-0.4, -0.2) is 19.3 Å². The molecule has 0 atom stereocenters. The summed E-state index contributed by atoms with van der Waals surface area (Å²) >= 11 is 0. The highest BCUT2D eigenvalue weighted by Crippen LogP contribution is 2.28. The fraction of sp³-hybridized carbons (Fsp3) is 0.579. The van der Waals surface area contributed by atoms with E-state index in [-0.39, 0.29) is 5.75 Å². The Morgan fingerprint density at radius 1 is 1.13 bits per heavy atom. The van der Waals surface area contributed by atoms with Gasteiger partial charge in [0, 0.05) is 6.61 Å². The van der Waals surface area contributed by atoms with Crippen molar-refractivity contribution in [2.75, 3.05) is 6.61 Å². The van der Waals surface area contributed by atoms with Crippen LogP contribution in [-0.2, 0) is 4.74 Å². The fourth-order valence-corrected chi connectivity index (χ4v) is 2.85. The zero-order chi connectivity index (χ0) is 16.5. The summed E-state index contributed by atoms with van der Waals surface area (Å²) < 4.78 is 34.4. The third-order valence-corrected chi connectivity index (χ3v) is 4.24. The molecule has 1 aromatic carbocycles. The van der Waals surface area contributed by atoms with Gasteiger partial charge in [-0.25, -0.2) is 0 Å². The second kappa shape index (κ2) is 9.66. The second-order valence-corrected chi connectivity index (χ2v) is 6.07. The molecule has 0 heterocycles. The maximum absolute atomic E-state index is 12.1. The number of hydrogen-bond donors (Lipinski definition) is 0. The average molecular weight is 324 g/mol. The summed E-state index contributed by atoms with van der Waals surface area (Å²) in [5, 5.41) is 0. The summed E-state index contributed by atoms with van der Waals surface area (Å²) in [6.45, 7) is 0.289. The first-order valence-corrected chi connectivity index (χ1v) is 8.52. The first kappa shape index (κ1) is 17.9. The SMILES string of the molecule is CCCCO[C@H]1CC[C@H](C=Cc2ccc(OC(F)F)cc2)CC1. The van der Waals surface area contributed by atoms with Crippen LogP contribution in [0.2, 0.25) is 0 Å². The molecule has 128 valence electrons. The number of ether oxygens (including phenoxy) is 2. The van der Waals surface area contributed by atoms with Crippen LogP contribution in [0.3, 0.4) is 0 Å². The van der Waals surface area contributed by atoms with Crippen LogP contribution in [0.15, 0.2) is 30.3 Å². The molecule has 4 heteroatoms. The Labute approximate surface area is 137 Å². The number of alkyl halides is 2. The Bertz CT molecular complexity index is 463. The van der Waals surface area contributed by atoms with Crippen molar-refractivity contribution in [3.8, 4) is 5.75 Å². The van der Waals surface area contributed by atoms with Crippen molar-refractivity contribution in [1.82, 2.24) is 0 Å². The van der Waals surface area contributed by atoms with Gasteiger partial charge in [-0.2, -0.15) is 8.78 Å². The van der Waals surface area contributed by atoms with Gasteiger partial charge >= 0.3 is 6.61 Å². The summed E-state index contributed by atoms with van der Waals surface area (Å²) in [6.07, 6.45) is 11.6. The molecule has 1 aliphatic rings. The van der Waals surface area contributed by atoms with Gasteiger partial charge in [0.05, 0.1) is 6.10 Å². The first-order chi connectivity index (χ1) is 11.2. The summed E-state index contributed by atoms with van der Waals surface area (Å²) in [7, 11) is 0. The molecule has 0 N–H and O–H groups in total. The molecule has 0 aliphatic heterocycles. The highest BCUT2D eigenvalue weighted by atomic mass is 19.3. The van der Waals surface area contributed by atoms with Crippen LogP contribution < -0.4 is 4.74 Å². The summed E-state index contributed by atoms with van der Waals surface area (Å²) in [6, 6.07) is 6.75. The largest absolute Gasteiger partial charge is 0.435 e. The van der Waals surface area contributed by atoms with E-state index in [4.69, 9.17) is 4.74 Å². The van der Waals surface area contributed by atoms with Crippen molar-refractivity contribution in [2.45, 2.75) is 58.2 Å². The van der Waals surface area contributed by atoms with Crippen molar-refractivity contribution in [3.63, 3.8) is 0 Å². The summed E-state index contributed by atoms with van der Waals surface area (Å²) in [4.78, 5) is 0. The lowest BCUT2D eigenvalue weighted by Crippen LogP contribution is -2.21. The van der Waals surface area contributed by atoms with Gasteiger partial charge in [0.25, 0.3) is 0 Å². The molecule has 1 saturated carbocycles. The van der Waals surface area contributed by atoms with Gasteiger partial charge in [-0.1, -0.05) is 37.6 Å². The molecule has 0 aromatic heterocycles. The van der Waals surface area contributed by atoms with Gasteiger partial charge < -0.3 is 9.47 Å². The van der Waals surface area contributed by atoms with Gasteiger partial charge in [0.2, 0.25) is 0 Å². The smallest absolute Gasteiger partial charge is 0.387 e. The van der Waals surface area contributed by atoms with E-state index in [9.17, 15) is 8.78 Å². The first-order valence-electron chi connectivity index (χ1n) is 8.52. The van der Waals surface area contributed by atoms with Gasteiger partial charge in [0.1, 0.15) is 5.75 Å². The Hall–Kier alpha value is -1.42. The maximum Gasteiger partial charge on any atom is 0.387 e. The third kappa shape index (κ3) is 6.69. The van der Waals surface area contributed by atoms with E-state index >= 15 is 0 Å². The highest BCUT2D eigenvalue weighted by Gasteiger charge is 2.19. The minimum Gasteiger partial charge on any atom is -0.435 e. The second-order valence-electron chi connectivity index (χ2n) is 6.07. The van der Waals surface area contributed by atoms with E-state index in [2.05, 4.69) is 23.8 Å². The topological polar surface area (TPSA) is 18.5 Å². The van der Waals surface area contributed by atoms with Gasteiger partial charge in [-0.3, -0.25) is 0 Å². The molecule has 1 fully saturated rings. The van der Waals surface area contributed by atoms with E-state index in [1.165, 1.54) is 6.42 Å². The minimum atomic E-state index is -2.77. The van der Waals surface area contributed by atoms with Crippen LogP contribution >= 0.6 is 0 Å². The molecule has 1 aliphatic carbocycles. The highest BCUT2D eigenvalue weighted by molar-refractivity contribution is 5.50. The predicted octanol–water partition coefficient (Wildman–Crippen LogP) is 5.68. The molecule has 0 bridgehead atoms. The summed E-state index contributed by atoms with van der Waals surface area (Å²) in [5.74, 6) is 0.778. The number of benzene rings is 1. The van der Waals surface area contributed by atoms with Crippen LogP contribution in [0, 0.1) is 5.92 Å². The van der Waals surface area contributed by atoms with Crippen molar-refractivity contribution in [3.05, 3.63) is 35.9 Å². The van der Waals surface area contributed by atoms with E-state index in [0.29, 0.717) is 12.0 Å². The van der Waals surface area contributed by atoms with Gasteiger partial charge in [0.15, 0.2) is 0 Å². The van der Waals surface area contributed by atoms with Crippen molar-refractivity contribution in [1.29, 1.82) is 0 Å². The van der Waals surface area contributed by atoms with E-state index in [0.717, 1.165) is 44.3 Å². The summed E-state index contributed by atoms with van der Waals surface area (Å²) in [5.41, 5.74) is 1.01. The maximum atomic E-state index is 12.1. The molecule has 23 heavy (non-hydrogen) atoms. The molecule has 1 aromatic rings. The lowest BCUT2D eigenvalue weighted by atomic mass is 9.87. The minimum absolute atomic E-state index is 0.196. The normalized spacial score (nSPS) is 21.9. The molecule has 0 amide bonds. The van der Waals surface area contributed by atoms with Crippen LogP contribution in [0.1, 0.15) is 51.0 Å². The Balaban J connectivity index is 1.74. The van der Waals surface area contributed by atoms with E-state index in [1.807, 2.05) is 0 Å². The molecule has 0 radical (unpaired) electrons. The number of hydrogen-bond acceptors (Lipinski definition) is 2. The Morgan fingerprint density at radius 3 is 2.43 bits per heavy atom. The third-order valence-electron chi connectivity index (χ3n) is 4.24. The molecular formula is C19H26F2O2. The van der Waals surface area contributed by atoms with Gasteiger partial charge in [-0.15, -0.1) is 0 Å². The van der Waals surface area contributed by atoms with E-state index in [1.54, 1.807) is 24.3 Å². The number of allylic oxidation sites excluding steroid dienone is 1. The predicted molar refractivity (Wildman–Crippen MR) is 88.7 cm³/mol. The van der Waals surface area contributed by atoms with Crippen molar-refractivity contribution >= 4 is 6.08 Å². The molecule has 0 spiro atoms. The quantitative estimate of drug-likeness (QED) is 0.573. The molecular weight excluding hydrogens is 298 g/mol. The lowest BCUT2D eigenvalue weighted by molar-refractivity contribution is -0.0498. The lowest BCUT2D eigenvalue weighted by Gasteiger charge is -2.26. The average Bonchev–Trinajstić information content (AvgIpc) is 2.55. The standard InChI is InChI=1S/C19H26F2O2/c1-2-3-14-22-17-10-6-15(7-11-17)4-5-16-8-12-18(13-9-16)23-19(20)21/h4-5,8-9,12-13,15,17,19H,2-3,6-7,10-11,14H2,1H3/t15-,17-. The molecule has 2 rings (SSSR count). The number of halogens is 2. The molecule has 2 nitrogen and oxygen atoms in total. The Kier molecular flexibility index (Phi) is 7.53. The Morgan fingerprint density at radius 2 is 1.83 bits per heavy atom. The van der Waals surface area contributed by atoms with Crippen molar-refractivity contribution in [2.24, 2.45) is 5.92 Å². The van der Waals surface area contributed by atoms with Crippen molar-refractivity contribution < 1.29 is 18.3 Å². The van der Waals surface area contributed by atoms with E-state index < -0.39 is 6.61 Å². The number of rotatable bonds is 8. The van der Waals surface area contributed by atoms with Crippen LogP contribution in [0.5, 0.6) is 5.75 Å². The molecule has 0 saturated heterocycles. The number of unbranched alkanes of at least 4 members (excludes halogenated alkanes) is 1. The zero-order valence-electron chi connectivity index (χ0n) is 13.7. The fourth-order valence-electron chi connectivity index (χ4n) is 2.85. The zero-order valence-corrected chi connectivity index (χ0v) is 13.7. The molecule has 0 unspecified atom stereocenters. The monoisotopic (exact) mass is 324 g/mol. The van der Waals surface area contributed by atoms with Crippen LogP contribution in [0.25, 0.3) is 6.08 Å².